The third kappa shape index (κ3) is 2.33. The topological polar surface area (TPSA) is 49.8 Å². The van der Waals surface area contributed by atoms with Gasteiger partial charge in [0.1, 0.15) is 5.75 Å². The molecule has 0 unspecified atom stereocenters. The van der Waals surface area contributed by atoms with Gasteiger partial charge in [-0.15, -0.1) is 0 Å². The number of hydrogen-bond acceptors (Lipinski definition) is 3. The van der Waals surface area contributed by atoms with Crippen LogP contribution in [0.4, 0.5) is 0 Å². The monoisotopic (exact) mass is 221 g/mol. The molecule has 0 bridgehead atoms. The van der Waals surface area contributed by atoms with Gasteiger partial charge >= 0.3 is 5.97 Å². The van der Waals surface area contributed by atoms with Crippen molar-refractivity contribution in [3.8, 4) is 5.75 Å². The van der Waals surface area contributed by atoms with E-state index in [1.807, 2.05) is 23.1 Å². The number of carboxylic acid groups (broad SMARTS) is 1. The Hall–Kier alpha value is -1.55. The summed E-state index contributed by atoms with van der Waals surface area (Å²) in [6.45, 7) is 1.63. The molecule has 0 saturated carbocycles. The Balaban J connectivity index is 2.12. The smallest absolute Gasteiger partial charge is 0.317 e. The van der Waals surface area contributed by atoms with Crippen LogP contribution in [-0.2, 0) is 17.8 Å². The first-order chi connectivity index (χ1) is 7.69. The molecule has 1 heterocycles. The molecule has 86 valence electrons. The van der Waals surface area contributed by atoms with Gasteiger partial charge in [-0.25, -0.2) is 0 Å². The summed E-state index contributed by atoms with van der Waals surface area (Å²) in [5, 5.41) is 8.73. The molecule has 1 aliphatic rings. The summed E-state index contributed by atoms with van der Waals surface area (Å²) in [6, 6.07) is 5.97. The zero-order valence-electron chi connectivity index (χ0n) is 9.27. The highest BCUT2D eigenvalue weighted by Gasteiger charge is 2.18. The number of nitrogens with zero attached hydrogens (tertiary/aromatic N) is 1. The fraction of sp³-hybridized carbons (Fsp3) is 0.417. The predicted molar refractivity (Wildman–Crippen MR) is 59.6 cm³/mol. The highest BCUT2D eigenvalue weighted by atomic mass is 16.5. The molecule has 0 fully saturated rings. The first-order valence-corrected chi connectivity index (χ1v) is 5.29. The standard InChI is InChI=1S/C12H15NO3/c1-16-11-3-2-10-7-13(8-12(14)15)5-4-9(10)6-11/h2-3,6H,4-5,7-8H2,1H3,(H,14,15). The van der Waals surface area contributed by atoms with Gasteiger partial charge in [-0.3, -0.25) is 9.69 Å². The lowest BCUT2D eigenvalue weighted by molar-refractivity contribution is -0.138. The Bertz CT molecular complexity index is 403. The number of fused-ring (bicyclic) bond motifs is 1. The molecule has 1 aromatic rings. The second-order valence-corrected chi connectivity index (χ2v) is 3.99. The molecule has 0 saturated heterocycles. The van der Waals surface area contributed by atoms with Gasteiger partial charge in [-0.2, -0.15) is 0 Å². The van der Waals surface area contributed by atoms with Crippen molar-refractivity contribution in [2.24, 2.45) is 0 Å². The van der Waals surface area contributed by atoms with Crippen molar-refractivity contribution in [2.75, 3.05) is 20.2 Å². The van der Waals surface area contributed by atoms with Gasteiger partial charge in [0, 0.05) is 13.1 Å². The van der Waals surface area contributed by atoms with Crippen LogP contribution in [0.1, 0.15) is 11.1 Å². The summed E-state index contributed by atoms with van der Waals surface area (Å²) in [7, 11) is 1.65. The Morgan fingerprint density at radius 2 is 2.31 bits per heavy atom. The van der Waals surface area contributed by atoms with Crippen LogP contribution in [0.15, 0.2) is 18.2 Å². The molecule has 4 nitrogen and oxygen atoms in total. The van der Waals surface area contributed by atoms with Crippen molar-refractivity contribution in [3.63, 3.8) is 0 Å². The molecular weight excluding hydrogens is 206 g/mol. The van der Waals surface area contributed by atoms with Crippen LogP contribution in [0.25, 0.3) is 0 Å². The molecule has 0 spiro atoms. The first-order valence-electron chi connectivity index (χ1n) is 5.29. The van der Waals surface area contributed by atoms with Crippen molar-refractivity contribution in [1.82, 2.24) is 4.90 Å². The van der Waals surface area contributed by atoms with Gasteiger partial charge in [0.05, 0.1) is 13.7 Å². The quantitative estimate of drug-likeness (QED) is 0.831. The maximum Gasteiger partial charge on any atom is 0.317 e. The lowest BCUT2D eigenvalue weighted by Crippen LogP contribution is -2.34. The number of carboxylic acids is 1. The third-order valence-corrected chi connectivity index (χ3v) is 2.86. The summed E-state index contributed by atoms with van der Waals surface area (Å²) >= 11 is 0. The Morgan fingerprint density at radius 1 is 1.50 bits per heavy atom. The number of ether oxygens (including phenoxy) is 1. The maximum atomic E-state index is 10.6. The maximum absolute atomic E-state index is 10.6. The van der Waals surface area contributed by atoms with Gasteiger partial charge in [-0.05, 0) is 29.7 Å². The lowest BCUT2D eigenvalue weighted by atomic mass is 9.99. The van der Waals surface area contributed by atoms with Crippen LogP contribution in [0.3, 0.4) is 0 Å². The van der Waals surface area contributed by atoms with Crippen molar-refractivity contribution in [2.45, 2.75) is 13.0 Å². The summed E-state index contributed by atoms with van der Waals surface area (Å²) in [5.41, 5.74) is 2.47. The molecule has 2 rings (SSSR count). The van der Waals surface area contributed by atoms with Gasteiger partial charge in [0.15, 0.2) is 0 Å². The van der Waals surface area contributed by atoms with E-state index in [0.717, 1.165) is 18.7 Å². The second-order valence-electron chi connectivity index (χ2n) is 3.99. The average molecular weight is 221 g/mol. The first kappa shape index (κ1) is 11.0. The van der Waals surface area contributed by atoms with Crippen LogP contribution < -0.4 is 4.74 Å². The van der Waals surface area contributed by atoms with Crippen molar-refractivity contribution >= 4 is 5.97 Å². The van der Waals surface area contributed by atoms with Crippen LogP contribution >= 0.6 is 0 Å². The zero-order valence-corrected chi connectivity index (χ0v) is 9.27. The molecule has 4 heteroatoms. The highest BCUT2D eigenvalue weighted by molar-refractivity contribution is 5.69. The van der Waals surface area contributed by atoms with E-state index >= 15 is 0 Å². The average Bonchev–Trinajstić information content (AvgIpc) is 2.27. The number of hydrogen-bond donors (Lipinski definition) is 1. The molecule has 0 amide bonds. The van der Waals surface area contributed by atoms with Crippen LogP contribution in [0.5, 0.6) is 5.75 Å². The molecule has 0 aliphatic carbocycles. The van der Waals surface area contributed by atoms with Crippen molar-refractivity contribution in [1.29, 1.82) is 0 Å². The molecule has 0 atom stereocenters. The minimum absolute atomic E-state index is 0.117. The van der Waals surface area contributed by atoms with E-state index in [1.165, 1.54) is 11.1 Å². The fourth-order valence-corrected chi connectivity index (χ4v) is 2.04. The zero-order chi connectivity index (χ0) is 11.5. The summed E-state index contributed by atoms with van der Waals surface area (Å²) in [5.74, 6) is 0.0994. The van der Waals surface area contributed by atoms with Crippen LogP contribution in [0, 0.1) is 0 Å². The van der Waals surface area contributed by atoms with Crippen molar-refractivity contribution < 1.29 is 14.6 Å². The van der Waals surface area contributed by atoms with E-state index < -0.39 is 5.97 Å². The summed E-state index contributed by atoms with van der Waals surface area (Å²) in [6.07, 6.45) is 0.889. The minimum Gasteiger partial charge on any atom is -0.497 e. The largest absolute Gasteiger partial charge is 0.497 e. The molecule has 1 aromatic carbocycles. The third-order valence-electron chi connectivity index (χ3n) is 2.86. The van der Waals surface area contributed by atoms with Gasteiger partial charge in [0.25, 0.3) is 0 Å². The lowest BCUT2D eigenvalue weighted by Gasteiger charge is -2.27. The van der Waals surface area contributed by atoms with Gasteiger partial charge < -0.3 is 9.84 Å². The van der Waals surface area contributed by atoms with Crippen molar-refractivity contribution in [3.05, 3.63) is 29.3 Å². The minimum atomic E-state index is -0.767. The molecular formula is C12H15NO3. The number of rotatable bonds is 3. The highest BCUT2D eigenvalue weighted by Crippen LogP contribution is 2.23. The molecule has 16 heavy (non-hydrogen) atoms. The van der Waals surface area contributed by atoms with Gasteiger partial charge in [-0.1, -0.05) is 6.07 Å². The number of benzene rings is 1. The number of carbonyl (C=O) groups is 1. The van der Waals surface area contributed by atoms with Gasteiger partial charge in [0.2, 0.25) is 0 Å². The number of aliphatic carboxylic acids is 1. The fourth-order valence-electron chi connectivity index (χ4n) is 2.04. The Labute approximate surface area is 94.4 Å². The second kappa shape index (κ2) is 4.53. The van der Waals surface area contributed by atoms with Crippen LogP contribution in [0.2, 0.25) is 0 Å². The van der Waals surface area contributed by atoms with E-state index in [0.29, 0.717) is 6.54 Å². The van der Waals surface area contributed by atoms with E-state index in [2.05, 4.69) is 0 Å². The number of methoxy groups -OCH3 is 1. The normalized spacial score (nSPS) is 15.6. The Kier molecular flexibility index (Phi) is 3.10. The van der Waals surface area contributed by atoms with E-state index in [9.17, 15) is 4.79 Å². The van der Waals surface area contributed by atoms with E-state index in [-0.39, 0.29) is 6.54 Å². The van der Waals surface area contributed by atoms with E-state index in [4.69, 9.17) is 9.84 Å². The summed E-state index contributed by atoms with van der Waals surface area (Å²) in [4.78, 5) is 12.6. The molecule has 1 aliphatic heterocycles. The van der Waals surface area contributed by atoms with E-state index in [1.54, 1.807) is 7.11 Å². The summed E-state index contributed by atoms with van der Waals surface area (Å²) < 4.78 is 5.16. The Morgan fingerprint density at radius 3 is 3.00 bits per heavy atom. The molecule has 1 N–H and O–H groups in total. The molecule has 0 radical (unpaired) electrons. The predicted octanol–water partition coefficient (Wildman–Crippen LogP) is 1.14. The SMILES string of the molecule is COc1ccc2c(c1)CCN(CC(=O)O)C2. The molecule has 0 aromatic heterocycles. The van der Waals surface area contributed by atoms with Crippen LogP contribution in [-0.4, -0.2) is 36.2 Å².